The van der Waals surface area contributed by atoms with Crippen molar-refractivity contribution < 1.29 is 22.1 Å². The second-order valence-electron chi connectivity index (χ2n) is 35.0. The van der Waals surface area contributed by atoms with E-state index in [0.717, 1.165) is 196 Å². The van der Waals surface area contributed by atoms with Gasteiger partial charge in [0.15, 0.2) is 62.8 Å². The SMILES string of the molecule is Cc1ccc2c(oc3ccccc32)c1N1c2cccnc2N(C(C)C)[C@@H]1C.Cc1ccc2c(oc3ccccc32)c1N1c2cccnc2N(C)[C@@H]1C.Cc1ccc2c(oc3ccccc32)c1N1c2ncccc2N(C(C)C)[C@@H]1C.Cc1ccc2c(oc3ccccc32)c1N1c2ncccc2N(C)[C@@H]1C.Cc1ccc2c(oc3ccccc32)c1N1c2nccnc2N(C)[C@@H]1C. The van der Waals surface area contributed by atoms with E-state index in [4.69, 9.17) is 32.1 Å². The molecule has 0 bridgehead atoms. The van der Waals surface area contributed by atoms with Gasteiger partial charge in [-0.3, -0.25) is 4.90 Å². The summed E-state index contributed by atoms with van der Waals surface area (Å²) in [5.41, 5.74) is 25.3. The molecule has 0 N–H and O–H groups in total. The van der Waals surface area contributed by atoms with Crippen molar-refractivity contribution in [2.75, 3.05) is 70.1 Å². The van der Waals surface area contributed by atoms with Crippen LogP contribution >= 0.6 is 0 Å². The van der Waals surface area contributed by atoms with Crippen molar-refractivity contribution in [3.05, 3.63) is 296 Å². The third kappa shape index (κ3) is 12.9. The number of pyridine rings is 4. The molecule has 15 heterocycles. The maximum Gasteiger partial charge on any atom is 0.178 e. The standard InChI is InChI=1S/2C23H23N3O.2C21H19N3O.C20H18N4O/c1-14(2)25-16(4)26(19-9-7-13-24-23(19)25)21-15(3)11-12-18-17-8-5-6-10-20(17)27-22(18)21;1-14(2)25-16(4)26(23-19(25)9-7-13-24-23)21-15(3)11-12-18-17-8-5-6-10-20(17)27-22(18)21;1-13-10-11-16-15-7-4-5-9-18(15)25-20(16)19(13)24-14(2)23(3)21-17(24)8-6-12-22-21;1-13-10-11-16-15-7-4-5-9-18(15)25-20(16)19(13)24-14(2)23(3)17-8-6-12-22-21(17)24;1-12-8-9-15-14-6-4-5-7-16(14)25-18(15)17(12)24-13(2)23(3)19-20(24)22-11-10-21-19/h2*5-14,16H,1-4H3;2*4-12,14H,1-3H3;4-11,13H,1-3H3/t2*16-;2*14-;13-/m00000/s1. The third-order valence-corrected chi connectivity index (χ3v) is 26.8. The van der Waals surface area contributed by atoms with Crippen LogP contribution in [0.1, 0.15) is 90.1 Å². The topological polar surface area (TPSA) is 175 Å². The summed E-state index contributed by atoms with van der Waals surface area (Å²) in [7, 11) is 6.25. The molecule has 5 aliphatic heterocycles. The largest absolute Gasteiger partial charge is 0.454 e. The van der Waals surface area contributed by atoms with Gasteiger partial charge in [-0.1, -0.05) is 152 Å². The van der Waals surface area contributed by atoms with Crippen LogP contribution in [0.25, 0.3) is 110 Å². The number of fused-ring (bicyclic) bond motifs is 20. The van der Waals surface area contributed by atoms with Gasteiger partial charge in [-0.05, 0) is 204 Å². The van der Waals surface area contributed by atoms with Crippen molar-refractivity contribution in [1.82, 2.24) is 29.9 Å². The molecule has 0 aliphatic carbocycles. The van der Waals surface area contributed by atoms with Crippen molar-refractivity contribution in [1.29, 1.82) is 0 Å². The third-order valence-electron chi connectivity index (χ3n) is 26.8. The molecule has 5 atom stereocenters. The summed E-state index contributed by atoms with van der Waals surface area (Å²) in [6.45, 7) is 30.6. The normalized spacial score (nSPS) is 16.8. The Labute approximate surface area is 748 Å². The van der Waals surface area contributed by atoms with Crippen LogP contribution in [0.3, 0.4) is 0 Å². The highest BCUT2D eigenvalue weighted by atomic mass is 16.3. The van der Waals surface area contributed by atoms with E-state index in [1.54, 1.807) is 12.4 Å². The van der Waals surface area contributed by atoms with Crippen molar-refractivity contribution in [3.8, 4) is 0 Å². The molecule has 0 spiro atoms. The molecule has 5 aliphatic rings. The summed E-state index contributed by atoms with van der Waals surface area (Å²) in [6.07, 6.45) is 11.7. The van der Waals surface area contributed by atoms with E-state index >= 15 is 0 Å². The minimum absolute atomic E-state index is 0.106. The molecule has 0 amide bonds. The Hall–Kier alpha value is -15.1. The van der Waals surface area contributed by atoms with Gasteiger partial charge in [-0.15, -0.1) is 0 Å². The minimum Gasteiger partial charge on any atom is -0.454 e. The molecule has 25 rings (SSSR count). The molecule has 21 heteroatoms. The lowest BCUT2D eigenvalue weighted by Gasteiger charge is -2.33. The predicted molar refractivity (Wildman–Crippen MR) is 530 cm³/mol. The fourth-order valence-electron chi connectivity index (χ4n) is 20.4. The number of rotatable bonds is 7. The van der Waals surface area contributed by atoms with E-state index < -0.39 is 0 Å². The lowest BCUT2D eigenvalue weighted by molar-refractivity contribution is 0.598. The quantitative estimate of drug-likeness (QED) is 0.147. The smallest absolute Gasteiger partial charge is 0.178 e. The van der Waals surface area contributed by atoms with Gasteiger partial charge in [-0.25, -0.2) is 29.9 Å². The van der Waals surface area contributed by atoms with Crippen molar-refractivity contribution in [2.24, 2.45) is 0 Å². The second kappa shape index (κ2) is 31.8. The van der Waals surface area contributed by atoms with E-state index in [1.807, 2.05) is 123 Å². The molecule has 644 valence electrons. The van der Waals surface area contributed by atoms with Crippen molar-refractivity contribution in [3.63, 3.8) is 0 Å². The van der Waals surface area contributed by atoms with Crippen LogP contribution in [0, 0.1) is 34.6 Å². The zero-order valence-electron chi connectivity index (χ0n) is 75.6. The zero-order chi connectivity index (χ0) is 88.8. The van der Waals surface area contributed by atoms with Crippen LogP contribution in [-0.2, 0) is 0 Å². The number of aryl methyl sites for hydroxylation is 5. The Morgan fingerprint density at radius 2 is 0.488 bits per heavy atom. The van der Waals surface area contributed by atoms with Crippen LogP contribution in [0.15, 0.2) is 290 Å². The Bertz CT molecular complexity index is 7170. The summed E-state index contributed by atoms with van der Waals surface area (Å²) < 4.78 is 31.6. The van der Waals surface area contributed by atoms with Gasteiger partial charge >= 0.3 is 0 Å². The summed E-state index contributed by atoms with van der Waals surface area (Å²) in [5, 5.41) is 11.5. The van der Waals surface area contributed by atoms with Gasteiger partial charge in [0.1, 0.15) is 58.7 Å². The van der Waals surface area contributed by atoms with Gasteiger partial charge in [0.25, 0.3) is 0 Å². The molecule has 0 unspecified atom stereocenters. The van der Waals surface area contributed by atoms with E-state index in [9.17, 15) is 0 Å². The molecule has 0 fully saturated rings. The first kappa shape index (κ1) is 81.0. The number of hydrogen-bond acceptors (Lipinski definition) is 21. The summed E-state index contributed by atoms with van der Waals surface area (Å²) in [6, 6.07) is 80.1. The van der Waals surface area contributed by atoms with Gasteiger partial charge in [0.05, 0.1) is 51.2 Å². The maximum atomic E-state index is 6.36. The van der Waals surface area contributed by atoms with Crippen LogP contribution in [-0.4, -0.2) is 94.0 Å². The van der Waals surface area contributed by atoms with Crippen molar-refractivity contribution in [2.45, 2.75) is 140 Å². The Balaban J connectivity index is 0.0000000978. The first-order valence-corrected chi connectivity index (χ1v) is 44.5. The van der Waals surface area contributed by atoms with E-state index in [1.165, 1.54) is 27.9 Å². The molecule has 0 saturated heterocycles. The van der Waals surface area contributed by atoms with Gasteiger partial charge < -0.3 is 66.2 Å². The van der Waals surface area contributed by atoms with E-state index in [0.29, 0.717) is 12.1 Å². The average Bonchev–Trinajstić information content (AvgIpc) is 1.42. The second-order valence-corrected chi connectivity index (χ2v) is 35.0. The number of nitrogens with zero attached hydrogens (tertiary/aromatic N) is 16. The van der Waals surface area contributed by atoms with Gasteiger partial charge in [-0.2, -0.15) is 0 Å². The Kier molecular flexibility index (Phi) is 19.9. The van der Waals surface area contributed by atoms with Crippen LogP contribution in [0.2, 0.25) is 0 Å². The molecule has 20 aromatic rings. The molecule has 0 radical (unpaired) electrons. The summed E-state index contributed by atoms with van der Waals surface area (Å²) in [4.78, 5) is 50.7. The molecule has 129 heavy (non-hydrogen) atoms. The minimum atomic E-state index is 0.106. The fraction of sp³-hybridized carbons (Fsp3) is 0.222. The van der Waals surface area contributed by atoms with E-state index in [-0.39, 0.29) is 30.8 Å². The molecule has 10 aromatic carbocycles. The van der Waals surface area contributed by atoms with Crippen LogP contribution in [0.4, 0.5) is 86.1 Å². The Morgan fingerprint density at radius 3 is 0.876 bits per heavy atom. The monoisotopic (exact) mass is 1700 g/mol. The highest BCUT2D eigenvalue weighted by molar-refractivity contribution is 6.16. The first-order valence-electron chi connectivity index (χ1n) is 44.5. The number of anilines is 15. The predicted octanol–water partition coefficient (Wildman–Crippen LogP) is 27.1. The lowest BCUT2D eigenvalue weighted by Crippen LogP contribution is -2.42. The Morgan fingerprint density at radius 1 is 0.225 bits per heavy atom. The zero-order valence-corrected chi connectivity index (χ0v) is 75.6. The number of hydrogen-bond donors (Lipinski definition) is 0. The van der Waals surface area contributed by atoms with Crippen LogP contribution < -0.4 is 49.0 Å². The van der Waals surface area contributed by atoms with E-state index in [2.05, 4.69) is 319 Å². The average molecular weight is 1700 g/mol. The fourth-order valence-corrected chi connectivity index (χ4v) is 20.4. The molecule has 10 aromatic heterocycles. The van der Waals surface area contributed by atoms with Crippen molar-refractivity contribution >= 4 is 196 Å². The maximum absolute atomic E-state index is 6.36. The highest BCUT2D eigenvalue weighted by Crippen LogP contribution is 2.55. The first-order chi connectivity index (χ1) is 62.6. The summed E-state index contributed by atoms with van der Waals surface area (Å²) >= 11 is 0. The van der Waals surface area contributed by atoms with Crippen LogP contribution in [0.5, 0.6) is 0 Å². The number of furan rings is 5. The summed E-state index contributed by atoms with van der Waals surface area (Å²) in [5.74, 6) is 5.77. The molecule has 21 nitrogen and oxygen atoms in total. The lowest BCUT2D eigenvalue weighted by atomic mass is 10.1. The van der Waals surface area contributed by atoms with Gasteiger partial charge in [0.2, 0.25) is 0 Å². The van der Waals surface area contributed by atoms with Gasteiger partial charge in [0, 0.05) is 124 Å². The molecule has 0 saturated carbocycles. The molecular weight excluding hydrogens is 1600 g/mol. The number of benzene rings is 10. The molecular formula is C108H102N16O5. The number of para-hydroxylation sites is 5. The highest BCUT2D eigenvalue weighted by Gasteiger charge is 2.43. The number of aromatic nitrogens is 6.